The number of aromatic nitrogens is 2. The third-order valence-electron chi connectivity index (χ3n) is 3.84. The van der Waals surface area contributed by atoms with Crippen LogP contribution in [0.5, 0.6) is 0 Å². The molecular weight excluding hydrogens is 265 g/mol. The van der Waals surface area contributed by atoms with Gasteiger partial charge in [0.05, 0.1) is 0 Å². The van der Waals surface area contributed by atoms with Crippen molar-refractivity contribution in [3.63, 3.8) is 0 Å². The predicted octanol–water partition coefficient (Wildman–Crippen LogP) is 1.60. The Balaban J connectivity index is 1.82. The fourth-order valence-electron chi connectivity index (χ4n) is 2.87. The summed E-state index contributed by atoms with van der Waals surface area (Å²) in [5.74, 6) is 1.02. The molecule has 3 heterocycles. The Bertz CT molecular complexity index is 447. The van der Waals surface area contributed by atoms with E-state index in [0.717, 1.165) is 19.6 Å². The van der Waals surface area contributed by atoms with Gasteiger partial charge < -0.3 is 10.2 Å². The van der Waals surface area contributed by atoms with Gasteiger partial charge in [-0.15, -0.1) is 10.2 Å². The maximum absolute atomic E-state index is 12.5. The highest BCUT2D eigenvalue weighted by Gasteiger charge is 2.44. The summed E-state index contributed by atoms with van der Waals surface area (Å²) in [7, 11) is 0. The van der Waals surface area contributed by atoms with Gasteiger partial charge in [0.25, 0.3) is 0 Å². The summed E-state index contributed by atoms with van der Waals surface area (Å²) in [5.41, 5.74) is 0. The van der Waals surface area contributed by atoms with Crippen molar-refractivity contribution in [1.29, 1.82) is 0 Å². The van der Waals surface area contributed by atoms with Crippen LogP contribution >= 0.6 is 11.3 Å². The van der Waals surface area contributed by atoms with Gasteiger partial charge in [-0.2, -0.15) is 13.2 Å². The van der Waals surface area contributed by atoms with Crippen molar-refractivity contribution in [2.24, 2.45) is 11.8 Å². The molecule has 0 radical (unpaired) electrons. The molecule has 2 aliphatic heterocycles. The van der Waals surface area contributed by atoms with E-state index >= 15 is 0 Å². The van der Waals surface area contributed by atoms with Crippen molar-refractivity contribution in [2.75, 3.05) is 24.5 Å². The number of nitrogens with one attached hydrogen (secondary N) is 1. The van der Waals surface area contributed by atoms with Crippen LogP contribution in [0.2, 0.25) is 0 Å². The molecule has 0 saturated carbocycles. The van der Waals surface area contributed by atoms with E-state index in [1.165, 1.54) is 0 Å². The second kappa shape index (κ2) is 4.06. The van der Waals surface area contributed by atoms with Gasteiger partial charge in [-0.25, -0.2) is 0 Å². The normalized spacial score (nSPS) is 32.0. The molecule has 0 aromatic carbocycles. The average molecular weight is 278 g/mol. The lowest BCUT2D eigenvalue weighted by molar-refractivity contribution is -0.138. The summed E-state index contributed by atoms with van der Waals surface area (Å²) in [6.45, 7) is 4.70. The molecular formula is C10H13F3N4S. The van der Waals surface area contributed by atoms with Crippen molar-refractivity contribution < 1.29 is 13.2 Å². The molecule has 3 atom stereocenters. The molecule has 1 aromatic rings. The summed E-state index contributed by atoms with van der Waals surface area (Å²) in [6, 6.07) is 0.221. The Hall–Kier alpha value is -0.890. The van der Waals surface area contributed by atoms with Crippen molar-refractivity contribution >= 4 is 16.5 Å². The lowest BCUT2D eigenvalue weighted by Crippen LogP contribution is -2.33. The van der Waals surface area contributed by atoms with Gasteiger partial charge in [-0.1, -0.05) is 11.3 Å². The molecule has 100 valence electrons. The van der Waals surface area contributed by atoms with E-state index in [9.17, 15) is 13.2 Å². The number of anilines is 1. The van der Waals surface area contributed by atoms with Crippen LogP contribution in [0, 0.1) is 11.8 Å². The molecule has 8 heteroatoms. The Morgan fingerprint density at radius 1 is 1.33 bits per heavy atom. The zero-order valence-electron chi connectivity index (χ0n) is 9.74. The molecule has 18 heavy (non-hydrogen) atoms. The van der Waals surface area contributed by atoms with E-state index < -0.39 is 11.2 Å². The van der Waals surface area contributed by atoms with Crippen LogP contribution in [0.4, 0.5) is 18.3 Å². The van der Waals surface area contributed by atoms with E-state index in [0.29, 0.717) is 28.3 Å². The summed E-state index contributed by atoms with van der Waals surface area (Å²) in [4.78, 5) is 1.96. The highest BCUT2D eigenvalue weighted by atomic mass is 32.1. The summed E-state index contributed by atoms with van der Waals surface area (Å²) in [5, 5.41) is 9.79. The van der Waals surface area contributed by atoms with Gasteiger partial charge in [0, 0.05) is 25.7 Å². The number of alkyl halides is 3. The van der Waals surface area contributed by atoms with Gasteiger partial charge in [-0.05, 0) is 18.8 Å². The SMILES string of the molecule is CC1C2CNCC2CN1c1nnc(C(F)(F)F)s1. The lowest BCUT2D eigenvalue weighted by Gasteiger charge is -2.22. The molecule has 0 spiro atoms. The minimum atomic E-state index is -4.39. The molecule has 0 amide bonds. The van der Waals surface area contributed by atoms with Gasteiger partial charge in [0.2, 0.25) is 10.1 Å². The monoisotopic (exact) mass is 278 g/mol. The second-order valence-electron chi connectivity index (χ2n) is 4.86. The highest BCUT2D eigenvalue weighted by molar-refractivity contribution is 7.15. The van der Waals surface area contributed by atoms with Crippen LogP contribution < -0.4 is 10.2 Å². The molecule has 3 rings (SSSR count). The third-order valence-corrected chi connectivity index (χ3v) is 4.84. The van der Waals surface area contributed by atoms with Crippen LogP contribution in [-0.2, 0) is 6.18 Å². The van der Waals surface area contributed by atoms with E-state index in [2.05, 4.69) is 15.5 Å². The van der Waals surface area contributed by atoms with Gasteiger partial charge in [0.15, 0.2) is 0 Å². The van der Waals surface area contributed by atoms with E-state index in [1.54, 1.807) is 0 Å². The Morgan fingerprint density at radius 3 is 2.72 bits per heavy atom. The molecule has 2 fully saturated rings. The van der Waals surface area contributed by atoms with Crippen LogP contribution in [0.25, 0.3) is 0 Å². The highest BCUT2D eigenvalue weighted by Crippen LogP contribution is 2.39. The molecule has 1 aromatic heterocycles. The number of halogens is 3. The maximum atomic E-state index is 12.5. The third kappa shape index (κ3) is 1.87. The number of fused-ring (bicyclic) bond motifs is 1. The predicted molar refractivity (Wildman–Crippen MR) is 61.6 cm³/mol. The second-order valence-corrected chi connectivity index (χ2v) is 5.82. The van der Waals surface area contributed by atoms with Gasteiger partial charge >= 0.3 is 6.18 Å². The standard InChI is InChI=1S/C10H13F3N4S/c1-5-7-3-14-2-6(7)4-17(5)9-16-15-8(18-9)10(11,12)13/h5-7,14H,2-4H2,1H3. The molecule has 0 bridgehead atoms. The zero-order chi connectivity index (χ0) is 12.9. The first kappa shape index (κ1) is 12.2. The first-order chi connectivity index (χ1) is 8.47. The van der Waals surface area contributed by atoms with Crippen LogP contribution in [0.15, 0.2) is 0 Å². The fourth-order valence-corrected chi connectivity index (χ4v) is 3.68. The van der Waals surface area contributed by atoms with E-state index in [-0.39, 0.29) is 6.04 Å². The average Bonchev–Trinajstić information content (AvgIpc) is 2.94. The Morgan fingerprint density at radius 2 is 2.11 bits per heavy atom. The Labute approximate surface area is 106 Å². The number of rotatable bonds is 1. The summed E-state index contributed by atoms with van der Waals surface area (Å²) < 4.78 is 37.5. The fraction of sp³-hybridized carbons (Fsp3) is 0.800. The molecule has 1 N–H and O–H groups in total. The number of nitrogens with zero attached hydrogens (tertiary/aromatic N) is 3. The van der Waals surface area contributed by atoms with Crippen molar-refractivity contribution in [3.05, 3.63) is 5.01 Å². The summed E-state index contributed by atoms with van der Waals surface area (Å²) >= 11 is 0.638. The largest absolute Gasteiger partial charge is 0.445 e. The van der Waals surface area contributed by atoms with Crippen molar-refractivity contribution in [2.45, 2.75) is 19.1 Å². The zero-order valence-corrected chi connectivity index (χ0v) is 10.6. The van der Waals surface area contributed by atoms with Crippen LogP contribution in [0.3, 0.4) is 0 Å². The Kier molecular flexibility index (Phi) is 2.74. The summed E-state index contributed by atoms with van der Waals surface area (Å²) in [6.07, 6.45) is -4.39. The van der Waals surface area contributed by atoms with Gasteiger partial charge in [0.1, 0.15) is 0 Å². The first-order valence-corrected chi connectivity index (χ1v) is 6.66. The van der Waals surface area contributed by atoms with E-state index in [4.69, 9.17) is 0 Å². The smallest absolute Gasteiger partial charge is 0.343 e. The quantitative estimate of drug-likeness (QED) is 0.847. The molecule has 2 aliphatic rings. The number of hydrogen-bond acceptors (Lipinski definition) is 5. The van der Waals surface area contributed by atoms with E-state index in [1.807, 2.05) is 11.8 Å². The van der Waals surface area contributed by atoms with Crippen molar-refractivity contribution in [3.8, 4) is 0 Å². The van der Waals surface area contributed by atoms with Crippen LogP contribution in [-0.4, -0.2) is 35.9 Å². The minimum Gasteiger partial charge on any atom is -0.343 e. The lowest BCUT2D eigenvalue weighted by atomic mass is 9.95. The topological polar surface area (TPSA) is 41.0 Å². The van der Waals surface area contributed by atoms with Gasteiger partial charge in [-0.3, -0.25) is 0 Å². The minimum absolute atomic E-state index is 0.221. The molecule has 4 nitrogen and oxygen atoms in total. The number of hydrogen-bond donors (Lipinski definition) is 1. The molecule has 2 saturated heterocycles. The van der Waals surface area contributed by atoms with Crippen molar-refractivity contribution in [1.82, 2.24) is 15.5 Å². The first-order valence-electron chi connectivity index (χ1n) is 5.85. The maximum Gasteiger partial charge on any atom is 0.445 e. The molecule has 3 unspecified atom stereocenters. The molecule has 0 aliphatic carbocycles. The van der Waals surface area contributed by atoms with Crippen LogP contribution in [0.1, 0.15) is 11.9 Å².